The van der Waals surface area contributed by atoms with Gasteiger partial charge in [-0.3, -0.25) is 4.99 Å². The van der Waals surface area contributed by atoms with Crippen LogP contribution in [0.1, 0.15) is 40.5 Å². The second-order valence-electron chi connectivity index (χ2n) is 5.36. The van der Waals surface area contributed by atoms with Crippen LogP contribution in [0.4, 0.5) is 13.2 Å². The minimum atomic E-state index is -4.15. The van der Waals surface area contributed by atoms with E-state index in [2.05, 4.69) is 36.4 Å². The Balaban J connectivity index is 4.09. The second kappa shape index (κ2) is 7.48. The van der Waals surface area contributed by atoms with Crippen LogP contribution in [0.25, 0.3) is 0 Å². The van der Waals surface area contributed by atoms with Gasteiger partial charge in [0.2, 0.25) is 0 Å². The minimum Gasteiger partial charge on any atom is -0.357 e. The van der Waals surface area contributed by atoms with Crippen molar-refractivity contribution in [3.8, 4) is 0 Å². The van der Waals surface area contributed by atoms with Gasteiger partial charge in [-0.15, -0.1) is 0 Å². The van der Waals surface area contributed by atoms with Gasteiger partial charge in [-0.05, 0) is 18.8 Å². The molecular weight excluding hydrogens is 243 g/mol. The number of guanidine groups is 1. The average Bonchev–Trinajstić information content (AvgIpc) is 2.13. The van der Waals surface area contributed by atoms with E-state index < -0.39 is 12.6 Å². The molecule has 0 unspecified atom stereocenters. The molecule has 0 saturated carbocycles. The van der Waals surface area contributed by atoms with Gasteiger partial charge in [0.05, 0.1) is 13.0 Å². The van der Waals surface area contributed by atoms with Gasteiger partial charge < -0.3 is 10.6 Å². The molecule has 0 aromatic heterocycles. The highest BCUT2D eigenvalue weighted by Crippen LogP contribution is 2.19. The molecule has 3 nitrogen and oxygen atoms in total. The fraction of sp³-hybridized carbons (Fsp3) is 0.917. The van der Waals surface area contributed by atoms with Crippen LogP contribution in [-0.4, -0.2) is 31.8 Å². The molecular formula is C12H24F3N3. The Kier molecular flexibility index (Phi) is 7.09. The minimum absolute atomic E-state index is 0.191. The molecule has 0 heterocycles. The molecule has 0 spiro atoms. The molecule has 0 radical (unpaired) electrons. The van der Waals surface area contributed by atoms with E-state index in [1.165, 1.54) is 0 Å². The largest absolute Gasteiger partial charge is 0.390 e. The van der Waals surface area contributed by atoms with Crippen LogP contribution >= 0.6 is 0 Å². The van der Waals surface area contributed by atoms with Crippen LogP contribution in [-0.2, 0) is 0 Å². The fourth-order valence-corrected chi connectivity index (χ4v) is 1.19. The smallest absolute Gasteiger partial charge is 0.357 e. The molecule has 0 amide bonds. The van der Waals surface area contributed by atoms with E-state index in [9.17, 15) is 13.2 Å². The highest BCUT2D eigenvalue weighted by atomic mass is 19.4. The Morgan fingerprint density at radius 1 is 1.06 bits per heavy atom. The predicted molar refractivity (Wildman–Crippen MR) is 68.7 cm³/mol. The van der Waals surface area contributed by atoms with Crippen LogP contribution in [0, 0.1) is 5.41 Å². The van der Waals surface area contributed by atoms with Crippen molar-refractivity contribution in [3.05, 3.63) is 0 Å². The van der Waals surface area contributed by atoms with Crippen molar-refractivity contribution in [3.63, 3.8) is 0 Å². The fourth-order valence-electron chi connectivity index (χ4n) is 1.19. The van der Waals surface area contributed by atoms with Crippen LogP contribution in [0.5, 0.6) is 0 Å². The summed E-state index contributed by atoms with van der Waals surface area (Å²) in [5, 5.41) is 5.96. The zero-order chi connectivity index (χ0) is 14.2. The quantitative estimate of drug-likeness (QED) is 0.593. The van der Waals surface area contributed by atoms with Crippen LogP contribution in [0.2, 0.25) is 0 Å². The Hall–Kier alpha value is -0.940. The summed E-state index contributed by atoms with van der Waals surface area (Å²) in [4.78, 5) is 3.89. The number of nitrogens with one attached hydrogen (secondary N) is 2. The first-order valence-corrected chi connectivity index (χ1v) is 6.23. The summed E-state index contributed by atoms with van der Waals surface area (Å²) < 4.78 is 36.0. The van der Waals surface area contributed by atoms with Gasteiger partial charge >= 0.3 is 6.18 Å². The summed E-state index contributed by atoms with van der Waals surface area (Å²) in [5.41, 5.74) is 0.191. The number of hydrogen-bond acceptors (Lipinski definition) is 1. The highest BCUT2D eigenvalue weighted by molar-refractivity contribution is 5.79. The molecule has 0 saturated heterocycles. The zero-order valence-electron chi connectivity index (χ0n) is 11.6. The Morgan fingerprint density at radius 2 is 1.67 bits per heavy atom. The van der Waals surface area contributed by atoms with Crippen molar-refractivity contribution >= 4 is 5.96 Å². The molecule has 0 aliphatic heterocycles. The lowest BCUT2D eigenvalue weighted by atomic mass is 9.92. The molecule has 18 heavy (non-hydrogen) atoms. The van der Waals surface area contributed by atoms with Gasteiger partial charge in [0.25, 0.3) is 0 Å². The Morgan fingerprint density at radius 3 is 2.11 bits per heavy atom. The first kappa shape index (κ1) is 17.1. The van der Waals surface area contributed by atoms with Gasteiger partial charge in [0, 0.05) is 13.1 Å². The molecule has 0 aromatic carbocycles. The summed E-state index contributed by atoms with van der Waals surface area (Å²) in [6.07, 6.45) is -4.11. The number of rotatable bonds is 5. The summed E-state index contributed by atoms with van der Waals surface area (Å²) in [6.45, 7) is 9.31. The van der Waals surface area contributed by atoms with E-state index in [0.717, 1.165) is 6.42 Å². The van der Waals surface area contributed by atoms with E-state index in [1.54, 1.807) is 0 Å². The molecule has 0 aliphatic carbocycles. The van der Waals surface area contributed by atoms with E-state index >= 15 is 0 Å². The molecule has 0 rings (SSSR count). The van der Waals surface area contributed by atoms with Gasteiger partial charge in [0.15, 0.2) is 5.96 Å². The standard InChI is InChI=1S/C12H24F3N3/c1-5-16-10(17-8-6-11(2,3)4)18-9-7-12(13,14)15/h5-9H2,1-4H3,(H2,16,17,18). The van der Waals surface area contributed by atoms with Gasteiger partial charge in [-0.2, -0.15) is 13.2 Å². The molecule has 6 heteroatoms. The maximum Gasteiger partial charge on any atom is 0.390 e. The normalized spacial score (nSPS) is 13.6. The summed E-state index contributed by atoms with van der Waals surface area (Å²) >= 11 is 0. The molecule has 108 valence electrons. The highest BCUT2D eigenvalue weighted by Gasteiger charge is 2.26. The number of aliphatic imine (C=N–C) groups is 1. The van der Waals surface area contributed by atoms with E-state index in [1.807, 2.05) is 6.92 Å². The van der Waals surface area contributed by atoms with Crippen molar-refractivity contribution in [1.29, 1.82) is 0 Å². The van der Waals surface area contributed by atoms with Crippen molar-refractivity contribution in [2.75, 3.05) is 19.6 Å². The van der Waals surface area contributed by atoms with Gasteiger partial charge in [-0.25, -0.2) is 0 Å². The third-order valence-electron chi connectivity index (χ3n) is 2.18. The van der Waals surface area contributed by atoms with Crippen molar-refractivity contribution in [2.24, 2.45) is 10.4 Å². The third-order valence-corrected chi connectivity index (χ3v) is 2.18. The zero-order valence-corrected chi connectivity index (χ0v) is 11.6. The maximum absolute atomic E-state index is 12.0. The van der Waals surface area contributed by atoms with E-state index in [0.29, 0.717) is 19.0 Å². The average molecular weight is 267 g/mol. The lowest BCUT2D eigenvalue weighted by Crippen LogP contribution is -2.38. The Bertz CT molecular complexity index is 254. The molecule has 0 bridgehead atoms. The van der Waals surface area contributed by atoms with Gasteiger partial charge in [0.1, 0.15) is 0 Å². The number of hydrogen-bond donors (Lipinski definition) is 2. The summed E-state index contributed by atoms with van der Waals surface area (Å²) in [7, 11) is 0. The summed E-state index contributed by atoms with van der Waals surface area (Å²) in [6, 6.07) is 0. The summed E-state index contributed by atoms with van der Waals surface area (Å²) in [5.74, 6) is 0.450. The van der Waals surface area contributed by atoms with Crippen molar-refractivity contribution in [2.45, 2.75) is 46.7 Å². The number of nitrogens with zero attached hydrogens (tertiary/aromatic N) is 1. The van der Waals surface area contributed by atoms with Crippen LogP contribution in [0.15, 0.2) is 4.99 Å². The monoisotopic (exact) mass is 267 g/mol. The topological polar surface area (TPSA) is 36.4 Å². The molecule has 2 N–H and O–H groups in total. The maximum atomic E-state index is 12.0. The lowest BCUT2D eigenvalue weighted by Gasteiger charge is -2.19. The molecule has 0 fully saturated rings. The van der Waals surface area contributed by atoms with Gasteiger partial charge in [-0.1, -0.05) is 20.8 Å². The first-order valence-electron chi connectivity index (χ1n) is 6.23. The molecule has 0 atom stereocenters. The molecule has 0 aliphatic rings. The SMILES string of the molecule is CCNC(=NCCC(F)(F)F)NCCC(C)(C)C. The lowest BCUT2D eigenvalue weighted by molar-refractivity contribution is -0.132. The Labute approximate surface area is 107 Å². The first-order chi connectivity index (χ1) is 8.14. The van der Waals surface area contributed by atoms with Crippen molar-refractivity contribution in [1.82, 2.24) is 10.6 Å². The van der Waals surface area contributed by atoms with Crippen LogP contribution in [0.3, 0.4) is 0 Å². The van der Waals surface area contributed by atoms with Crippen molar-refractivity contribution < 1.29 is 13.2 Å². The number of alkyl halides is 3. The predicted octanol–water partition coefficient (Wildman–Crippen LogP) is 2.93. The van der Waals surface area contributed by atoms with E-state index in [4.69, 9.17) is 0 Å². The number of halogens is 3. The third kappa shape index (κ3) is 11.5. The van der Waals surface area contributed by atoms with E-state index in [-0.39, 0.29) is 12.0 Å². The molecule has 0 aromatic rings. The van der Waals surface area contributed by atoms with Crippen LogP contribution < -0.4 is 10.6 Å². The second-order valence-corrected chi connectivity index (χ2v) is 5.36.